The summed E-state index contributed by atoms with van der Waals surface area (Å²) in [6.45, 7) is 0.469. The van der Waals surface area contributed by atoms with Crippen LogP contribution in [0.4, 0.5) is 0 Å². The predicted octanol–water partition coefficient (Wildman–Crippen LogP) is 7.80. The number of furan rings is 1. The molecule has 0 fully saturated rings. The van der Waals surface area contributed by atoms with Crippen molar-refractivity contribution in [2.75, 3.05) is 0 Å². The molecule has 0 N–H and O–H groups in total. The highest BCUT2D eigenvalue weighted by atomic mass is 79.9. The van der Waals surface area contributed by atoms with Gasteiger partial charge in [0.05, 0.1) is 17.1 Å². The molecule has 2 aromatic heterocycles. The van der Waals surface area contributed by atoms with E-state index in [1.165, 1.54) is 4.68 Å². The van der Waals surface area contributed by atoms with Crippen molar-refractivity contribution in [2.24, 2.45) is 5.10 Å². The highest BCUT2D eigenvalue weighted by molar-refractivity contribution is 9.10. The molecule has 6 nitrogen and oxygen atoms in total. The predicted molar refractivity (Wildman–Crippen MR) is 157 cm³/mol. The fraction of sp³-hybridized carbons (Fsp3) is 0.0333. The number of nitrogens with zero attached hydrogens (tertiary/aromatic N) is 3. The zero-order valence-corrected chi connectivity index (χ0v) is 23.0. The summed E-state index contributed by atoms with van der Waals surface area (Å²) in [6.07, 6.45) is 1.62. The first-order valence-electron chi connectivity index (χ1n) is 11.8. The van der Waals surface area contributed by atoms with E-state index in [1.807, 2.05) is 84.9 Å². The van der Waals surface area contributed by atoms with Crippen molar-refractivity contribution < 1.29 is 9.15 Å². The Kier molecular flexibility index (Phi) is 6.66. The van der Waals surface area contributed by atoms with Crippen molar-refractivity contribution in [1.82, 2.24) is 9.66 Å². The molecule has 0 saturated carbocycles. The van der Waals surface area contributed by atoms with E-state index in [2.05, 4.69) is 37.0 Å². The highest BCUT2D eigenvalue weighted by Crippen LogP contribution is 2.29. The summed E-state index contributed by atoms with van der Waals surface area (Å²) < 4.78 is 15.2. The normalized spacial score (nSPS) is 11.5. The summed E-state index contributed by atoms with van der Waals surface area (Å²) in [5.74, 6) is 1.52. The maximum atomic E-state index is 13.4. The summed E-state index contributed by atoms with van der Waals surface area (Å²) in [4.78, 5) is 18.2. The lowest BCUT2D eigenvalue weighted by molar-refractivity contribution is 0.306. The van der Waals surface area contributed by atoms with E-state index >= 15 is 0 Å². The van der Waals surface area contributed by atoms with Crippen molar-refractivity contribution in [2.45, 2.75) is 6.61 Å². The lowest BCUT2D eigenvalue weighted by atomic mass is 10.2. The zero-order chi connectivity index (χ0) is 26.1. The van der Waals surface area contributed by atoms with Gasteiger partial charge in [-0.2, -0.15) is 9.78 Å². The molecule has 0 unspecified atom stereocenters. The third-order valence-corrected chi connectivity index (χ3v) is 7.00. The van der Waals surface area contributed by atoms with Crippen molar-refractivity contribution in [3.05, 3.63) is 127 Å². The van der Waals surface area contributed by atoms with Crippen LogP contribution in [-0.2, 0) is 6.61 Å². The van der Waals surface area contributed by atoms with Crippen LogP contribution in [0.1, 0.15) is 11.1 Å². The van der Waals surface area contributed by atoms with Gasteiger partial charge in [0.15, 0.2) is 5.76 Å². The summed E-state index contributed by atoms with van der Waals surface area (Å²) in [7, 11) is 0. The van der Waals surface area contributed by atoms with Gasteiger partial charge in [-0.05, 0) is 83.9 Å². The quantitative estimate of drug-likeness (QED) is 0.177. The third-order valence-electron chi connectivity index (χ3n) is 5.97. The molecule has 38 heavy (non-hydrogen) atoms. The molecule has 4 aromatic carbocycles. The Bertz CT molecular complexity index is 1860. The second-order valence-corrected chi connectivity index (χ2v) is 10.4. The molecule has 6 rings (SSSR count). The average Bonchev–Trinajstić information content (AvgIpc) is 3.36. The van der Waals surface area contributed by atoms with Gasteiger partial charge in [0.2, 0.25) is 5.82 Å². The Balaban J connectivity index is 1.32. The van der Waals surface area contributed by atoms with E-state index in [0.29, 0.717) is 34.7 Å². The largest absolute Gasteiger partial charge is 0.489 e. The number of rotatable bonds is 6. The van der Waals surface area contributed by atoms with E-state index in [0.717, 1.165) is 31.2 Å². The van der Waals surface area contributed by atoms with Gasteiger partial charge >= 0.3 is 0 Å². The van der Waals surface area contributed by atoms with Gasteiger partial charge < -0.3 is 9.15 Å². The lowest BCUT2D eigenvalue weighted by Gasteiger charge is -2.08. The molecule has 0 atom stereocenters. The SMILES string of the molecule is O=c1c2ccccc2nc(-c2cc3cc(Br)ccc3o2)n1N=Cc1ccc(OCc2ccc(Br)cc2)cc1. The highest BCUT2D eigenvalue weighted by Gasteiger charge is 2.16. The monoisotopic (exact) mass is 627 g/mol. The minimum absolute atomic E-state index is 0.280. The number of benzene rings is 4. The van der Waals surface area contributed by atoms with Gasteiger partial charge in [-0.15, -0.1) is 0 Å². The molecule has 0 saturated heterocycles. The maximum absolute atomic E-state index is 13.4. The maximum Gasteiger partial charge on any atom is 0.282 e. The molecule has 0 aliphatic carbocycles. The minimum Gasteiger partial charge on any atom is -0.489 e. The Morgan fingerprint density at radius 1 is 0.895 bits per heavy atom. The first-order chi connectivity index (χ1) is 18.5. The Labute approximate surface area is 234 Å². The van der Waals surface area contributed by atoms with E-state index in [9.17, 15) is 4.79 Å². The fourth-order valence-electron chi connectivity index (χ4n) is 4.04. The fourth-order valence-corrected chi connectivity index (χ4v) is 4.68. The minimum atomic E-state index is -0.280. The number of hydrogen-bond acceptors (Lipinski definition) is 5. The topological polar surface area (TPSA) is 69.6 Å². The van der Waals surface area contributed by atoms with Crippen molar-refractivity contribution in [3.63, 3.8) is 0 Å². The number of fused-ring (bicyclic) bond motifs is 2. The van der Waals surface area contributed by atoms with Crippen LogP contribution in [0.3, 0.4) is 0 Å². The van der Waals surface area contributed by atoms with Crippen LogP contribution in [0.25, 0.3) is 33.5 Å². The summed E-state index contributed by atoms with van der Waals surface area (Å²) in [5.41, 5.74) is 2.87. The van der Waals surface area contributed by atoms with Crippen LogP contribution in [0.2, 0.25) is 0 Å². The summed E-state index contributed by atoms with van der Waals surface area (Å²) in [6, 6.07) is 30.3. The van der Waals surface area contributed by atoms with Crippen LogP contribution in [0.5, 0.6) is 5.75 Å². The zero-order valence-electron chi connectivity index (χ0n) is 19.8. The first-order valence-corrected chi connectivity index (χ1v) is 13.3. The van der Waals surface area contributed by atoms with E-state index in [-0.39, 0.29) is 5.56 Å². The molecule has 0 bridgehead atoms. The lowest BCUT2D eigenvalue weighted by Crippen LogP contribution is -2.20. The van der Waals surface area contributed by atoms with Crippen LogP contribution >= 0.6 is 31.9 Å². The van der Waals surface area contributed by atoms with Gasteiger partial charge in [0, 0.05) is 14.3 Å². The number of para-hydroxylation sites is 1. The molecule has 186 valence electrons. The third kappa shape index (κ3) is 5.05. The molecular weight excluding hydrogens is 610 g/mol. The summed E-state index contributed by atoms with van der Waals surface area (Å²) >= 11 is 6.93. The van der Waals surface area contributed by atoms with Gasteiger partial charge in [-0.1, -0.05) is 56.1 Å². The Morgan fingerprint density at radius 3 is 2.47 bits per heavy atom. The molecule has 0 spiro atoms. The molecule has 2 heterocycles. The van der Waals surface area contributed by atoms with Crippen LogP contribution in [-0.4, -0.2) is 15.9 Å². The Morgan fingerprint density at radius 2 is 1.66 bits per heavy atom. The molecule has 0 amide bonds. The first kappa shape index (κ1) is 24.3. The van der Waals surface area contributed by atoms with Gasteiger partial charge in [0.1, 0.15) is 17.9 Å². The second kappa shape index (κ2) is 10.4. The van der Waals surface area contributed by atoms with E-state index < -0.39 is 0 Å². The number of hydrogen-bond donors (Lipinski definition) is 0. The molecule has 0 radical (unpaired) electrons. The summed E-state index contributed by atoms with van der Waals surface area (Å²) in [5, 5.41) is 5.89. The molecular formula is C30H19Br2N3O3. The number of ether oxygens (including phenoxy) is 1. The van der Waals surface area contributed by atoms with E-state index in [4.69, 9.17) is 14.1 Å². The second-order valence-electron chi connectivity index (χ2n) is 8.59. The molecule has 0 aliphatic rings. The standard InChI is InChI=1S/C30H19Br2N3O3/c31-22-9-5-20(6-10-22)18-37-24-12-7-19(8-13-24)17-33-35-29(34-26-4-2-1-3-25(26)30(35)36)28-16-21-15-23(32)11-14-27(21)38-28/h1-17H,18H2. The van der Waals surface area contributed by atoms with Gasteiger partial charge in [0.25, 0.3) is 5.56 Å². The number of halogens is 2. The van der Waals surface area contributed by atoms with Crippen LogP contribution in [0.15, 0.2) is 120 Å². The van der Waals surface area contributed by atoms with Crippen molar-refractivity contribution in [1.29, 1.82) is 0 Å². The molecule has 6 aromatic rings. The van der Waals surface area contributed by atoms with Crippen LogP contribution in [0, 0.1) is 0 Å². The number of aromatic nitrogens is 2. The smallest absolute Gasteiger partial charge is 0.282 e. The Hall–Kier alpha value is -4.01. The van der Waals surface area contributed by atoms with E-state index in [1.54, 1.807) is 18.3 Å². The van der Waals surface area contributed by atoms with Crippen molar-refractivity contribution in [3.8, 4) is 17.3 Å². The van der Waals surface area contributed by atoms with Crippen molar-refractivity contribution >= 4 is 59.9 Å². The average molecular weight is 629 g/mol. The van der Waals surface area contributed by atoms with Gasteiger partial charge in [-0.3, -0.25) is 4.79 Å². The molecule has 8 heteroatoms. The van der Waals surface area contributed by atoms with Crippen LogP contribution < -0.4 is 10.3 Å². The molecule has 0 aliphatic heterocycles. The van der Waals surface area contributed by atoms with Gasteiger partial charge in [-0.25, -0.2) is 4.98 Å².